The van der Waals surface area contributed by atoms with Crippen LogP contribution in [0.1, 0.15) is 31.1 Å². The lowest BCUT2D eigenvalue weighted by atomic mass is 9.84. The number of nitrogens with zero attached hydrogens (tertiary/aromatic N) is 5. The molecule has 1 aliphatic rings. The summed E-state index contributed by atoms with van der Waals surface area (Å²) in [6.07, 6.45) is 3.26. The molecule has 2 amide bonds. The third-order valence-electron chi connectivity index (χ3n) is 5.77. The van der Waals surface area contributed by atoms with Crippen molar-refractivity contribution >= 4 is 47.0 Å². The molecule has 184 valence electrons. The largest absolute Gasteiger partial charge is 0.361 e. The Labute approximate surface area is 210 Å². The maximum atomic E-state index is 13.4. The summed E-state index contributed by atoms with van der Waals surface area (Å²) < 4.78 is 8.16. The van der Waals surface area contributed by atoms with Crippen LogP contribution in [0.3, 0.4) is 0 Å². The zero-order valence-corrected chi connectivity index (χ0v) is 23.3. The standard InChI is InChI=1S/C23H33BrN6O3Si/c1-23(2,3)19(22(32)29-11-15(9-25)12-29)28-21(31)16-13-30(14-33-7-8-34(4,5)6)20-18(16)27-17(24)10-26-20/h10,13,15,19H,7-8,11-12,14H2,1-6H3,(H,28,31)/t19-/m0/s1. The smallest absolute Gasteiger partial charge is 0.255 e. The maximum Gasteiger partial charge on any atom is 0.255 e. The van der Waals surface area contributed by atoms with E-state index >= 15 is 0 Å². The van der Waals surface area contributed by atoms with Crippen LogP contribution in [0.2, 0.25) is 25.7 Å². The Morgan fingerprint density at radius 1 is 1.35 bits per heavy atom. The number of carbonyl (C=O) groups is 2. The molecule has 1 fully saturated rings. The van der Waals surface area contributed by atoms with Crippen LogP contribution < -0.4 is 5.32 Å². The Hall–Kier alpha value is -2.29. The van der Waals surface area contributed by atoms with Crippen molar-refractivity contribution in [3.63, 3.8) is 0 Å². The molecular weight excluding hydrogens is 516 g/mol. The lowest BCUT2D eigenvalue weighted by Crippen LogP contribution is -2.60. The molecule has 11 heteroatoms. The van der Waals surface area contributed by atoms with Gasteiger partial charge in [0, 0.05) is 34.0 Å². The SMILES string of the molecule is CC(C)(C)[C@@H](NC(=O)c1cn(COCC[Si](C)(C)C)c2ncc(Br)nc12)C(=O)N1CC(C#N)C1. The molecule has 0 aromatic carbocycles. The van der Waals surface area contributed by atoms with Crippen LogP contribution in [0, 0.1) is 22.7 Å². The van der Waals surface area contributed by atoms with E-state index in [9.17, 15) is 9.59 Å². The van der Waals surface area contributed by atoms with Gasteiger partial charge in [-0.2, -0.15) is 5.26 Å². The summed E-state index contributed by atoms with van der Waals surface area (Å²) in [5, 5.41) is 12.0. The molecular formula is C23H33BrN6O3Si. The molecule has 1 atom stereocenters. The van der Waals surface area contributed by atoms with Crippen LogP contribution in [-0.2, 0) is 16.3 Å². The molecule has 1 aliphatic heterocycles. The first-order valence-corrected chi connectivity index (χ1v) is 15.9. The number of halogens is 1. The fourth-order valence-electron chi connectivity index (χ4n) is 3.62. The Morgan fingerprint density at radius 3 is 2.62 bits per heavy atom. The van der Waals surface area contributed by atoms with Crippen molar-refractivity contribution in [3.05, 3.63) is 22.6 Å². The molecule has 3 rings (SSSR count). The quantitative estimate of drug-likeness (QED) is 0.398. The highest BCUT2D eigenvalue weighted by Crippen LogP contribution is 2.26. The lowest BCUT2D eigenvalue weighted by Gasteiger charge is -2.41. The second kappa shape index (κ2) is 10.1. The van der Waals surface area contributed by atoms with Gasteiger partial charge < -0.3 is 19.5 Å². The average Bonchev–Trinajstić information content (AvgIpc) is 3.04. The first-order valence-electron chi connectivity index (χ1n) is 11.4. The fraction of sp³-hybridized carbons (Fsp3) is 0.609. The molecule has 2 aromatic heterocycles. The van der Waals surface area contributed by atoms with Crippen molar-refractivity contribution < 1.29 is 14.3 Å². The minimum absolute atomic E-state index is 0.146. The predicted octanol–water partition coefficient (Wildman–Crippen LogP) is 3.63. The molecule has 34 heavy (non-hydrogen) atoms. The van der Waals surface area contributed by atoms with Crippen LogP contribution in [-0.4, -0.2) is 65.1 Å². The van der Waals surface area contributed by atoms with Crippen molar-refractivity contribution in [1.29, 1.82) is 5.26 Å². The number of hydrogen-bond acceptors (Lipinski definition) is 6. The molecule has 2 aromatic rings. The highest BCUT2D eigenvalue weighted by atomic mass is 79.9. The van der Waals surface area contributed by atoms with Crippen LogP contribution in [0.4, 0.5) is 0 Å². The first-order chi connectivity index (χ1) is 15.8. The molecule has 1 saturated heterocycles. The Kier molecular flexibility index (Phi) is 7.84. The van der Waals surface area contributed by atoms with Crippen molar-refractivity contribution in [2.75, 3.05) is 19.7 Å². The number of ether oxygens (including phenoxy) is 1. The number of nitrogens with one attached hydrogen (secondary N) is 1. The van der Waals surface area contributed by atoms with Crippen molar-refractivity contribution in [1.82, 2.24) is 24.8 Å². The Balaban J connectivity index is 1.82. The summed E-state index contributed by atoms with van der Waals surface area (Å²) in [4.78, 5) is 37.0. The predicted molar refractivity (Wildman–Crippen MR) is 136 cm³/mol. The van der Waals surface area contributed by atoms with Gasteiger partial charge in [0.1, 0.15) is 22.9 Å². The van der Waals surface area contributed by atoms with E-state index in [2.05, 4.69) is 56.9 Å². The lowest BCUT2D eigenvalue weighted by molar-refractivity contribution is -0.141. The number of likely N-dealkylation sites (tertiary alicyclic amines) is 1. The Bertz CT molecular complexity index is 1110. The number of carbonyl (C=O) groups excluding carboxylic acids is 2. The van der Waals surface area contributed by atoms with Gasteiger partial charge in [0.05, 0.1) is 23.7 Å². The first kappa shape index (κ1) is 26.3. The van der Waals surface area contributed by atoms with E-state index in [-0.39, 0.29) is 18.6 Å². The van der Waals surface area contributed by atoms with Gasteiger partial charge in [-0.25, -0.2) is 9.97 Å². The molecule has 1 N–H and O–H groups in total. The van der Waals surface area contributed by atoms with Gasteiger partial charge in [0.2, 0.25) is 5.91 Å². The zero-order valence-electron chi connectivity index (χ0n) is 20.7. The molecule has 9 nitrogen and oxygen atoms in total. The molecule has 3 heterocycles. The number of rotatable bonds is 8. The normalized spacial score (nSPS) is 15.6. The number of fused-ring (bicyclic) bond motifs is 1. The molecule has 0 bridgehead atoms. The van der Waals surface area contributed by atoms with Gasteiger partial charge in [0.25, 0.3) is 5.91 Å². The van der Waals surface area contributed by atoms with Gasteiger partial charge in [-0.15, -0.1) is 0 Å². The highest BCUT2D eigenvalue weighted by molar-refractivity contribution is 9.10. The van der Waals surface area contributed by atoms with Crippen LogP contribution in [0.5, 0.6) is 0 Å². The molecule has 0 spiro atoms. The highest BCUT2D eigenvalue weighted by Gasteiger charge is 2.40. The average molecular weight is 550 g/mol. The van der Waals surface area contributed by atoms with E-state index in [0.29, 0.717) is 41.0 Å². The van der Waals surface area contributed by atoms with E-state index in [1.165, 1.54) is 0 Å². The summed E-state index contributed by atoms with van der Waals surface area (Å²) in [7, 11) is -1.22. The van der Waals surface area contributed by atoms with Crippen molar-refractivity contribution in [2.45, 2.75) is 59.2 Å². The number of nitriles is 1. The topological polar surface area (TPSA) is 113 Å². The van der Waals surface area contributed by atoms with E-state index < -0.39 is 25.4 Å². The van der Waals surface area contributed by atoms with Gasteiger partial charge in [-0.05, 0) is 27.4 Å². The van der Waals surface area contributed by atoms with Crippen LogP contribution in [0.25, 0.3) is 11.2 Å². The van der Waals surface area contributed by atoms with Crippen molar-refractivity contribution in [3.8, 4) is 6.07 Å². The van der Waals surface area contributed by atoms with E-state index in [4.69, 9.17) is 10.00 Å². The number of hydrogen-bond donors (Lipinski definition) is 1. The third kappa shape index (κ3) is 6.23. The van der Waals surface area contributed by atoms with E-state index in [1.807, 2.05) is 20.8 Å². The summed E-state index contributed by atoms with van der Waals surface area (Å²) >= 11 is 3.34. The van der Waals surface area contributed by atoms with Crippen molar-refractivity contribution in [2.24, 2.45) is 11.3 Å². The monoisotopic (exact) mass is 548 g/mol. The summed E-state index contributed by atoms with van der Waals surface area (Å²) in [5.41, 5.74) is 0.793. The van der Waals surface area contributed by atoms with Gasteiger partial charge in [-0.1, -0.05) is 40.4 Å². The molecule has 0 unspecified atom stereocenters. The zero-order chi connectivity index (χ0) is 25.3. The summed E-state index contributed by atoms with van der Waals surface area (Å²) in [6, 6.07) is 2.47. The minimum Gasteiger partial charge on any atom is -0.361 e. The number of amides is 2. The van der Waals surface area contributed by atoms with Gasteiger partial charge in [0.15, 0.2) is 5.65 Å². The van der Waals surface area contributed by atoms with E-state index in [1.54, 1.807) is 21.9 Å². The number of aromatic nitrogens is 3. The fourth-order valence-corrected chi connectivity index (χ4v) is 4.65. The second-order valence-electron chi connectivity index (χ2n) is 11.1. The van der Waals surface area contributed by atoms with Gasteiger partial charge >= 0.3 is 0 Å². The second-order valence-corrected chi connectivity index (χ2v) is 17.5. The van der Waals surface area contributed by atoms with Crippen LogP contribution >= 0.6 is 15.9 Å². The Morgan fingerprint density at radius 2 is 2.03 bits per heavy atom. The molecule has 0 aliphatic carbocycles. The molecule has 0 saturated carbocycles. The van der Waals surface area contributed by atoms with Crippen LogP contribution in [0.15, 0.2) is 17.0 Å². The van der Waals surface area contributed by atoms with Gasteiger partial charge in [-0.3, -0.25) is 9.59 Å². The summed E-state index contributed by atoms with van der Waals surface area (Å²) in [5.74, 6) is -0.728. The summed E-state index contributed by atoms with van der Waals surface area (Å²) in [6.45, 7) is 14.3. The molecule has 0 radical (unpaired) electrons. The minimum atomic E-state index is -1.22. The third-order valence-corrected chi connectivity index (χ3v) is 7.86. The maximum absolute atomic E-state index is 13.4. The van der Waals surface area contributed by atoms with E-state index in [0.717, 1.165) is 6.04 Å².